The summed E-state index contributed by atoms with van der Waals surface area (Å²) in [5.41, 5.74) is 1.42. The van der Waals surface area contributed by atoms with Gasteiger partial charge in [-0.05, 0) is 37.7 Å². The number of benzene rings is 1. The second-order valence-corrected chi connectivity index (χ2v) is 5.98. The standard InChI is InChI=1S/C17H23FN2O/c1-13-10-20(12-17(13)19(2)3)11-14-6-7-16(18)15(9-14)5-4-8-21/h6-7,9,13,17,21H,8,10-12H2,1-3H3. The number of halogens is 1. The summed E-state index contributed by atoms with van der Waals surface area (Å²) in [6.07, 6.45) is 0. The Hall–Kier alpha value is -1.41. The normalized spacial score (nSPS) is 22.4. The van der Waals surface area contributed by atoms with Gasteiger partial charge in [-0.1, -0.05) is 24.8 Å². The van der Waals surface area contributed by atoms with Gasteiger partial charge in [-0.3, -0.25) is 4.90 Å². The first-order valence-electron chi connectivity index (χ1n) is 7.28. The molecule has 0 aliphatic carbocycles. The van der Waals surface area contributed by atoms with Crippen molar-refractivity contribution < 1.29 is 9.50 Å². The molecule has 0 saturated carbocycles. The molecule has 3 nitrogen and oxygen atoms in total. The minimum Gasteiger partial charge on any atom is -0.384 e. The van der Waals surface area contributed by atoms with Crippen molar-refractivity contribution in [2.75, 3.05) is 33.8 Å². The van der Waals surface area contributed by atoms with Crippen LogP contribution < -0.4 is 0 Å². The first-order chi connectivity index (χ1) is 10.0. The lowest BCUT2D eigenvalue weighted by molar-refractivity contribution is 0.250. The first kappa shape index (κ1) is 16.0. The lowest BCUT2D eigenvalue weighted by Crippen LogP contribution is -2.34. The Morgan fingerprint density at radius 3 is 2.76 bits per heavy atom. The largest absolute Gasteiger partial charge is 0.384 e. The van der Waals surface area contributed by atoms with Gasteiger partial charge >= 0.3 is 0 Å². The molecule has 21 heavy (non-hydrogen) atoms. The minimum atomic E-state index is -0.333. The molecule has 1 aromatic rings. The molecule has 1 heterocycles. The third-order valence-corrected chi connectivity index (χ3v) is 4.05. The molecule has 0 bridgehead atoms. The molecule has 4 heteroatoms. The maximum absolute atomic E-state index is 13.6. The summed E-state index contributed by atoms with van der Waals surface area (Å²) in [6.45, 7) is 4.91. The summed E-state index contributed by atoms with van der Waals surface area (Å²) < 4.78 is 13.6. The highest BCUT2D eigenvalue weighted by atomic mass is 19.1. The number of nitrogens with zero attached hydrogens (tertiary/aromatic N) is 2. The zero-order chi connectivity index (χ0) is 15.4. The molecule has 1 fully saturated rings. The van der Waals surface area contributed by atoms with E-state index in [1.807, 2.05) is 6.07 Å². The van der Waals surface area contributed by atoms with Crippen LogP contribution in [0.4, 0.5) is 4.39 Å². The Kier molecular flexibility index (Phi) is 5.35. The summed E-state index contributed by atoms with van der Waals surface area (Å²) in [4.78, 5) is 4.67. The molecule has 0 radical (unpaired) electrons. The molecule has 1 aliphatic rings. The van der Waals surface area contributed by atoms with E-state index in [0.29, 0.717) is 17.5 Å². The quantitative estimate of drug-likeness (QED) is 0.856. The number of aliphatic hydroxyl groups is 1. The van der Waals surface area contributed by atoms with Gasteiger partial charge in [0.15, 0.2) is 0 Å². The third kappa shape index (κ3) is 4.04. The number of hydrogen-bond acceptors (Lipinski definition) is 3. The number of likely N-dealkylation sites (tertiary alicyclic amines) is 1. The molecule has 1 aromatic carbocycles. The van der Waals surface area contributed by atoms with E-state index in [1.165, 1.54) is 6.07 Å². The molecular weight excluding hydrogens is 267 g/mol. The van der Waals surface area contributed by atoms with E-state index in [4.69, 9.17) is 5.11 Å². The Bertz CT molecular complexity index is 547. The van der Waals surface area contributed by atoms with Crippen LogP contribution in [0.2, 0.25) is 0 Å². The maximum atomic E-state index is 13.6. The van der Waals surface area contributed by atoms with Gasteiger partial charge in [0.2, 0.25) is 0 Å². The molecule has 0 spiro atoms. The Balaban J connectivity index is 2.07. The van der Waals surface area contributed by atoms with Crippen molar-refractivity contribution in [3.05, 3.63) is 35.1 Å². The van der Waals surface area contributed by atoms with Gasteiger partial charge in [-0.2, -0.15) is 0 Å². The molecule has 0 aromatic heterocycles. The van der Waals surface area contributed by atoms with Gasteiger partial charge in [0.05, 0.1) is 5.56 Å². The van der Waals surface area contributed by atoms with Crippen LogP contribution in [-0.4, -0.2) is 54.7 Å². The van der Waals surface area contributed by atoms with Gasteiger partial charge in [-0.25, -0.2) is 4.39 Å². The second-order valence-electron chi connectivity index (χ2n) is 5.98. The molecule has 1 N–H and O–H groups in total. The highest BCUT2D eigenvalue weighted by Gasteiger charge is 2.30. The van der Waals surface area contributed by atoms with Crippen molar-refractivity contribution in [3.8, 4) is 11.8 Å². The van der Waals surface area contributed by atoms with Crippen molar-refractivity contribution in [2.45, 2.75) is 19.5 Å². The minimum absolute atomic E-state index is 0.252. The fraction of sp³-hybridized carbons (Fsp3) is 0.529. The molecule has 2 rings (SSSR count). The molecular formula is C17H23FN2O. The molecule has 2 atom stereocenters. The fourth-order valence-corrected chi connectivity index (χ4v) is 3.01. The van der Waals surface area contributed by atoms with Crippen LogP contribution in [0.5, 0.6) is 0 Å². The Morgan fingerprint density at radius 2 is 2.14 bits per heavy atom. The zero-order valence-corrected chi connectivity index (χ0v) is 12.9. The third-order valence-electron chi connectivity index (χ3n) is 4.05. The number of aliphatic hydroxyl groups excluding tert-OH is 1. The van der Waals surface area contributed by atoms with Gasteiger partial charge in [0, 0.05) is 25.7 Å². The van der Waals surface area contributed by atoms with Crippen LogP contribution in [0.3, 0.4) is 0 Å². The number of hydrogen-bond donors (Lipinski definition) is 1. The molecule has 1 aliphatic heterocycles. The van der Waals surface area contributed by atoms with Crippen molar-refractivity contribution in [1.82, 2.24) is 9.80 Å². The summed E-state index contributed by atoms with van der Waals surface area (Å²) in [7, 11) is 4.23. The summed E-state index contributed by atoms with van der Waals surface area (Å²) in [5.74, 6) is 5.46. The van der Waals surface area contributed by atoms with Gasteiger partial charge in [0.25, 0.3) is 0 Å². The molecule has 0 amide bonds. The average molecular weight is 290 g/mol. The lowest BCUT2D eigenvalue weighted by Gasteiger charge is -2.22. The van der Waals surface area contributed by atoms with Crippen molar-refractivity contribution in [3.63, 3.8) is 0 Å². The van der Waals surface area contributed by atoms with Crippen LogP contribution in [0.25, 0.3) is 0 Å². The summed E-state index contributed by atoms with van der Waals surface area (Å²) in [6, 6.07) is 5.62. The van der Waals surface area contributed by atoms with E-state index in [1.54, 1.807) is 6.07 Å². The van der Waals surface area contributed by atoms with Crippen LogP contribution in [0, 0.1) is 23.6 Å². The van der Waals surface area contributed by atoms with E-state index in [9.17, 15) is 4.39 Å². The monoisotopic (exact) mass is 290 g/mol. The molecule has 1 saturated heterocycles. The first-order valence-corrected chi connectivity index (χ1v) is 7.28. The maximum Gasteiger partial charge on any atom is 0.138 e. The second kappa shape index (κ2) is 7.04. The molecule has 2 unspecified atom stereocenters. The van der Waals surface area contributed by atoms with Crippen LogP contribution in [-0.2, 0) is 6.54 Å². The van der Waals surface area contributed by atoms with Gasteiger partial charge in [0.1, 0.15) is 12.4 Å². The predicted octanol–water partition coefficient (Wildman–Crippen LogP) is 1.55. The predicted molar refractivity (Wildman–Crippen MR) is 82.3 cm³/mol. The van der Waals surface area contributed by atoms with E-state index in [-0.39, 0.29) is 12.4 Å². The van der Waals surface area contributed by atoms with Crippen molar-refractivity contribution in [2.24, 2.45) is 5.92 Å². The van der Waals surface area contributed by atoms with E-state index in [0.717, 1.165) is 25.2 Å². The van der Waals surface area contributed by atoms with Gasteiger partial charge < -0.3 is 10.0 Å². The highest BCUT2D eigenvalue weighted by Crippen LogP contribution is 2.22. The lowest BCUT2D eigenvalue weighted by atomic mass is 10.1. The van der Waals surface area contributed by atoms with Crippen LogP contribution in [0.15, 0.2) is 18.2 Å². The van der Waals surface area contributed by atoms with Crippen LogP contribution in [0.1, 0.15) is 18.1 Å². The SMILES string of the molecule is CC1CN(Cc2ccc(F)c(C#CCO)c2)CC1N(C)C. The Labute approximate surface area is 126 Å². The average Bonchev–Trinajstić information content (AvgIpc) is 2.80. The fourth-order valence-electron chi connectivity index (χ4n) is 3.01. The number of likely N-dealkylation sites (N-methyl/N-ethyl adjacent to an activating group) is 1. The topological polar surface area (TPSA) is 26.7 Å². The number of rotatable bonds is 3. The van der Waals surface area contributed by atoms with E-state index in [2.05, 4.69) is 42.7 Å². The van der Waals surface area contributed by atoms with E-state index >= 15 is 0 Å². The smallest absolute Gasteiger partial charge is 0.138 e. The van der Waals surface area contributed by atoms with Crippen molar-refractivity contribution in [1.29, 1.82) is 0 Å². The molecule has 114 valence electrons. The summed E-state index contributed by atoms with van der Waals surface area (Å²) in [5, 5.41) is 8.72. The zero-order valence-electron chi connectivity index (χ0n) is 12.9. The van der Waals surface area contributed by atoms with Crippen LogP contribution >= 0.6 is 0 Å². The van der Waals surface area contributed by atoms with Gasteiger partial charge in [-0.15, -0.1) is 0 Å². The van der Waals surface area contributed by atoms with Crippen molar-refractivity contribution >= 4 is 0 Å². The van der Waals surface area contributed by atoms with E-state index < -0.39 is 0 Å². The highest BCUT2D eigenvalue weighted by molar-refractivity contribution is 5.38. The summed E-state index contributed by atoms with van der Waals surface area (Å²) >= 11 is 0. The Morgan fingerprint density at radius 1 is 1.38 bits per heavy atom.